The molecule has 0 aromatic heterocycles. The van der Waals surface area contributed by atoms with E-state index in [-0.39, 0.29) is 11.9 Å². The second-order valence-corrected chi connectivity index (χ2v) is 4.44. The number of carbonyl (C=O) groups excluding carboxylic acids is 1. The predicted molar refractivity (Wildman–Crippen MR) is 75.0 cm³/mol. The van der Waals surface area contributed by atoms with Crippen LogP contribution in [-0.4, -0.2) is 44.8 Å². The Labute approximate surface area is 118 Å². The van der Waals surface area contributed by atoms with E-state index >= 15 is 0 Å². The van der Waals surface area contributed by atoms with E-state index in [4.69, 9.17) is 14.2 Å². The first-order valence-electron chi connectivity index (χ1n) is 6.44. The molecule has 1 saturated heterocycles. The van der Waals surface area contributed by atoms with E-state index in [0.717, 1.165) is 5.56 Å². The quantitative estimate of drug-likeness (QED) is 0.787. The summed E-state index contributed by atoms with van der Waals surface area (Å²) in [4.78, 5) is 13.7. The van der Waals surface area contributed by atoms with Gasteiger partial charge >= 0.3 is 0 Å². The lowest BCUT2D eigenvalue weighted by molar-refractivity contribution is -0.134. The third-order valence-corrected chi connectivity index (χ3v) is 3.38. The van der Waals surface area contributed by atoms with Crippen molar-refractivity contribution in [2.45, 2.75) is 6.04 Å². The number of ether oxygens (including phenoxy) is 3. The van der Waals surface area contributed by atoms with E-state index in [9.17, 15) is 4.79 Å². The van der Waals surface area contributed by atoms with Crippen LogP contribution >= 0.6 is 0 Å². The van der Waals surface area contributed by atoms with Gasteiger partial charge < -0.3 is 19.1 Å². The van der Waals surface area contributed by atoms with Gasteiger partial charge in [-0.15, -0.1) is 0 Å². The molecule has 0 aliphatic carbocycles. The maximum atomic E-state index is 11.9. The summed E-state index contributed by atoms with van der Waals surface area (Å²) in [5.74, 6) is 1.21. The number of hydrogen-bond donors (Lipinski definition) is 0. The van der Waals surface area contributed by atoms with Gasteiger partial charge in [0.25, 0.3) is 0 Å². The zero-order valence-electron chi connectivity index (χ0n) is 11.8. The molecule has 2 rings (SSSR count). The van der Waals surface area contributed by atoms with Gasteiger partial charge in [0.15, 0.2) is 11.5 Å². The normalized spacial score (nSPS) is 18.5. The molecule has 1 unspecified atom stereocenters. The summed E-state index contributed by atoms with van der Waals surface area (Å²) in [5.41, 5.74) is 0.956. The Morgan fingerprint density at radius 1 is 1.40 bits per heavy atom. The van der Waals surface area contributed by atoms with Crippen molar-refractivity contribution >= 4 is 5.91 Å². The Hall–Kier alpha value is -2.01. The van der Waals surface area contributed by atoms with Gasteiger partial charge in [0.2, 0.25) is 5.91 Å². The number of rotatable bonds is 4. The predicted octanol–water partition coefficient (Wildman–Crippen LogP) is 1.79. The van der Waals surface area contributed by atoms with Gasteiger partial charge in [-0.2, -0.15) is 0 Å². The standard InChI is InChI=1S/C15H19NO4/c1-4-15(17)16-7-8-20-10-12(16)11-5-6-13(18-2)14(9-11)19-3/h4-6,9,12H,1,7-8,10H2,2-3H3. The van der Waals surface area contributed by atoms with Crippen molar-refractivity contribution in [1.82, 2.24) is 4.90 Å². The highest BCUT2D eigenvalue weighted by molar-refractivity contribution is 5.87. The molecule has 1 aliphatic rings. The minimum absolute atomic E-state index is 0.0897. The zero-order chi connectivity index (χ0) is 14.5. The van der Waals surface area contributed by atoms with Crippen LogP contribution in [0.25, 0.3) is 0 Å². The van der Waals surface area contributed by atoms with Gasteiger partial charge in [-0.05, 0) is 23.8 Å². The molecule has 0 spiro atoms. The monoisotopic (exact) mass is 277 g/mol. The van der Waals surface area contributed by atoms with E-state index in [0.29, 0.717) is 31.3 Å². The molecule has 1 fully saturated rings. The van der Waals surface area contributed by atoms with Crippen molar-refractivity contribution < 1.29 is 19.0 Å². The highest BCUT2D eigenvalue weighted by Gasteiger charge is 2.27. The lowest BCUT2D eigenvalue weighted by atomic mass is 10.0. The SMILES string of the molecule is C=CC(=O)N1CCOCC1c1ccc(OC)c(OC)c1. The summed E-state index contributed by atoms with van der Waals surface area (Å²) >= 11 is 0. The Kier molecular flexibility index (Phi) is 4.63. The summed E-state index contributed by atoms with van der Waals surface area (Å²) < 4.78 is 16.0. The number of carbonyl (C=O) groups is 1. The van der Waals surface area contributed by atoms with Crippen molar-refractivity contribution in [2.75, 3.05) is 34.0 Å². The molecule has 108 valence electrons. The van der Waals surface area contributed by atoms with Crippen LogP contribution in [0.3, 0.4) is 0 Å². The summed E-state index contributed by atoms with van der Waals surface area (Å²) in [6, 6.07) is 5.50. The molecule has 5 heteroatoms. The van der Waals surface area contributed by atoms with Gasteiger partial charge in [0.1, 0.15) is 0 Å². The van der Waals surface area contributed by atoms with E-state index in [1.54, 1.807) is 19.1 Å². The minimum Gasteiger partial charge on any atom is -0.493 e. The van der Waals surface area contributed by atoms with Crippen molar-refractivity contribution in [2.24, 2.45) is 0 Å². The summed E-state index contributed by atoms with van der Waals surface area (Å²) in [6.45, 7) is 5.12. The van der Waals surface area contributed by atoms with E-state index < -0.39 is 0 Å². The molecule has 1 atom stereocenters. The molecule has 1 aromatic carbocycles. The maximum Gasteiger partial charge on any atom is 0.246 e. The Balaban J connectivity index is 2.32. The average Bonchev–Trinajstić information content (AvgIpc) is 2.53. The van der Waals surface area contributed by atoms with Crippen LogP contribution in [0.4, 0.5) is 0 Å². The molecule has 0 N–H and O–H groups in total. The molecule has 0 saturated carbocycles. The van der Waals surface area contributed by atoms with Crippen molar-refractivity contribution in [3.05, 3.63) is 36.4 Å². The van der Waals surface area contributed by atoms with Crippen LogP contribution in [0.2, 0.25) is 0 Å². The molecule has 1 amide bonds. The van der Waals surface area contributed by atoms with Gasteiger partial charge in [-0.1, -0.05) is 12.6 Å². The van der Waals surface area contributed by atoms with Crippen LogP contribution in [0.5, 0.6) is 11.5 Å². The lowest BCUT2D eigenvalue weighted by Crippen LogP contribution is -2.42. The minimum atomic E-state index is -0.131. The second-order valence-electron chi connectivity index (χ2n) is 4.44. The highest BCUT2D eigenvalue weighted by Crippen LogP contribution is 2.33. The van der Waals surface area contributed by atoms with Crippen LogP contribution in [0, 0.1) is 0 Å². The molecule has 1 aromatic rings. The first-order chi connectivity index (χ1) is 9.71. The van der Waals surface area contributed by atoms with Gasteiger partial charge in [-0.25, -0.2) is 0 Å². The topological polar surface area (TPSA) is 48.0 Å². The lowest BCUT2D eigenvalue weighted by Gasteiger charge is -2.35. The van der Waals surface area contributed by atoms with Crippen LogP contribution in [0.15, 0.2) is 30.9 Å². The fourth-order valence-corrected chi connectivity index (χ4v) is 2.32. The number of nitrogens with zero attached hydrogens (tertiary/aromatic N) is 1. The largest absolute Gasteiger partial charge is 0.493 e. The third kappa shape index (κ3) is 2.77. The van der Waals surface area contributed by atoms with Gasteiger partial charge in [0, 0.05) is 6.54 Å². The number of amides is 1. The number of benzene rings is 1. The van der Waals surface area contributed by atoms with Crippen LogP contribution in [0.1, 0.15) is 11.6 Å². The Bertz CT molecular complexity index is 501. The smallest absolute Gasteiger partial charge is 0.246 e. The molecule has 1 heterocycles. The van der Waals surface area contributed by atoms with E-state index in [1.807, 2.05) is 18.2 Å². The summed E-state index contributed by atoms with van der Waals surface area (Å²) in [5, 5.41) is 0. The van der Waals surface area contributed by atoms with Crippen LogP contribution < -0.4 is 9.47 Å². The number of morpholine rings is 1. The second kappa shape index (κ2) is 6.43. The van der Waals surface area contributed by atoms with Crippen molar-refractivity contribution in [3.8, 4) is 11.5 Å². The van der Waals surface area contributed by atoms with Gasteiger partial charge in [-0.3, -0.25) is 4.79 Å². The van der Waals surface area contributed by atoms with Crippen LogP contribution in [-0.2, 0) is 9.53 Å². The molecule has 0 bridgehead atoms. The summed E-state index contributed by atoms with van der Waals surface area (Å²) in [6.07, 6.45) is 1.33. The third-order valence-electron chi connectivity index (χ3n) is 3.38. The van der Waals surface area contributed by atoms with Gasteiger partial charge in [0.05, 0.1) is 33.5 Å². The number of methoxy groups -OCH3 is 2. The molecule has 20 heavy (non-hydrogen) atoms. The summed E-state index contributed by atoms with van der Waals surface area (Å²) in [7, 11) is 3.18. The molecule has 0 radical (unpaired) electrons. The van der Waals surface area contributed by atoms with Crippen molar-refractivity contribution in [3.63, 3.8) is 0 Å². The molecular formula is C15H19NO4. The Morgan fingerprint density at radius 2 is 2.15 bits per heavy atom. The Morgan fingerprint density at radius 3 is 2.80 bits per heavy atom. The first-order valence-corrected chi connectivity index (χ1v) is 6.44. The maximum absolute atomic E-state index is 11.9. The van der Waals surface area contributed by atoms with Crippen molar-refractivity contribution in [1.29, 1.82) is 0 Å². The molecule has 1 aliphatic heterocycles. The number of hydrogen-bond acceptors (Lipinski definition) is 4. The fourth-order valence-electron chi connectivity index (χ4n) is 2.32. The average molecular weight is 277 g/mol. The van der Waals surface area contributed by atoms with E-state index in [2.05, 4.69) is 6.58 Å². The molecular weight excluding hydrogens is 258 g/mol. The highest BCUT2D eigenvalue weighted by atomic mass is 16.5. The fraction of sp³-hybridized carbons (Fsp3) is 0.400. The van der Waals surface area contributed by atoms with E-state index in [1.165, 1.54) is 6.08 Å². The zero-order valence-corrected chi connectivity index (χ0v) is 11.8. The first kappa shape index (κ1) is 14.4. The molecule has 5 nitrogen and oxygen atoms in total.